The summed E-state index contributed by atoms with van der Waals surface area (Å²) >= 11 is 0. The Morgan fingerprint density at radius 2 is 2.25 bits per heavy atom. The summed E-state index contributed by atoms with van der Waals surface area (Å²) < 4.78 is 5.10. The van der Waals surface area contributed by atoms with Crippen molar-refractivity contribution in [1.82, 2.24) is 0 Å². The van der Waals surface area contributed by atoms with Crippen LogP contribution in [-0.4, -0.2) is 24.7 Å². The minimum Gasteiger partial charge on any atom is -0.497 e. The molecule has 0 fully saturated rings. The second-order valence-electron chi connectivity index (χ2n) is 3.51. The highest BCUT2D eigenvalue weighted by Crippen LogP contribution is 2.16. The van der Waals surface area contributed by atoms with E-state index in [1.807, 2.05) is 24.3 Å². The summed E-state index contributed by atoms with van der Waals surface area (Å²) in [6.45, 7) is 0.778. The molecule has 88 valence electrons. The number of benzene rings is 1. The van der Waals surface area contributed by atoms with Crippen LogP contribution in [0.5, 0.6) is 5.75 Å². The summed E-state index contributed by atoms with van der Waals surface area (Å²) in [6.07, 6.45) is 1.79. The monoisotopic (exact) mass is 223 g/mol. The van der Waals surface area contributed by atoms with E-state index in [-0.39, 0.29) is 6.42 Å². The van der Waals surface area contributed by atoms with Gasteiger partial charge in [0.25, 0.3) is 0 Å². The Hall–Kier alpha value is -1.71. The lowest BCUT2D eigenvalue weighted by Crippen LogP contribution is -2.03. The number of carboxylic acids is 1. The van der Waals surface area contributed by atoms with Gasteiger partial charge in [0, 0.05) is 24.7 Å². The molecule has 1 rings (SSSR count). The molecular weight excluding hydrogens is 206 g/mol. The van der Waals surface area contributed by atoms with Crippen molar-refractivity contribution < 1.29 is 14.6 Å². The Labute approximate surface area is 95.2 Å². The maximum atomic E-state index is 10.3. The van der Waals surface area contributed by atoms with Gasteiger partial charge in [-0.2, -0.15) is 0 Å². The predicted molar refractivity (Wildman–Crippen MR) is 63.0 cm³/mol. The standard InChI is InChI=1S/C12H17NO3/c1-16-11-6-4-5-10(9-11)13-8-3-2-7-12(14)15/h4-6,9,13H,2-3,7-8H2,1H3,(H,14,15). The first-order valence-corrected chi connectivity index (χ1v) is 5.32. The molecular formula is C12H17NO3. The molecule has 0 amide bonds. The first-order chi connectivity index (χ1) is 7.72. The third-order valence-electron chi connectivity index (χ3n) is 2.22. The summed E-state index contributed by atoms with van der Waals surface area (Å²) in [6, 6.07) is 7.67. The van der Waals surface area contributed by atoms with Gasteiger partial charge in [0.1, 0.15) is 5.75 Å². The van der Waals surface area contributed by atoms with Gasteiger partial charge < -0.3 is 15.2 Å². The summed E-state index contributed by atoms with van der Waals surface area (Å²) in [5.41, 5.74) is 0.995. The van der Waals surface area contributed by atoms with Crippen molar-refractivity contribution in [2.75, 3.05) is 19.0 Å². The topological polar surface area (TPSA) is 58.6 Å². The Balaban J connectivity index is 2.23. The highest BCUT2D eigenvalue weighted by atomic mass is 16.5. The lowest BCUT2D eigenvalue weighted by atomic mass is 10.2. The van der Waals surface area contributed by atoms with Crippen LogP contribution in [0.4, 0.5) is 5.69 Å². The number of carboxylic acid groups (broad SMARTS) is 1. The van der Waals surface area contributed by atoms with Crippen molar-refractivity contribution in [3.63, 3.8) is 0 Å². The van der Waals surface area contributed by atoms with Gasteiger partial charge in [-0.3, -0.25) is 4.79 Å². The van der Waals surface area contributed by atoms with Crippen LogP contribution in [0.15, 0.2) is 24.3 Å². The van der Waals surface area contributed by atoms with Gasteiger partial charge in [-0.15, -0.1) is 0 Å². The maximum absolute atomic E-state index is 10.3. The molecule has 0 unspecified atom stereocenters. The molecule has 0 bridgehead atoms. The number of carbonyl (C=O) groups is 1. The van der Waals surface area contributed by atoms with E-state index in [0.717, 1.165) is 24.4 Å². The summed E-state index contributed by atoms with van der Waals surface area (Å²) in [5, 5.41) is 11.7. The number of hydrogen-bond donors (Lipinski definition) is 2. The number of methoxy groups -OCH3 is 1. The molecule has 1 aromatic carbocycles. The second-order valence-corrected chi connectivity index (χ2v) is 3.51. The fourth-order valence-electron chi connectivity index (χ4n) is 1.37. The average molecular weight is 223 g/mol. The van der Waals surface area contributed by atoms with Crippen LogP contribution >= 0.6 is 0 Å². The molecule has 0 atom stereocenters. The number of ether oxygens (including phenoxy) is 1. The fraction of sp³-hybridized carbons (Fsp3) is 0.417. The van der Waals surface area contributed by atoms with Gasteiger partial charge >= 0.3 is 5.97 Å². The van der Waals surface area contributed by atoms with Crippen molar-refractivity contribution >= 4 is 11.7 Å². The van der Waals surface area contributed by atoms with Crippen LogP contribution in [0.3, 0.4) is 0 Å². The van der Waals surface area contributed by atoms with Crippen LogP contribution in [-0.2, 0) is 4.79 Å². The van der Waals surface area contributed by atoms with Crippen molar-refractivity contribution in [1.29, 1.82) is 0 Å². The minimum atomic E-state index is -0.735. The highest BCUT2D eigenvalue weighted by molar-refractivity contribution is 5.66. The first kappa shape index (κ1) is 12.4. The van der Waals surface area contributed by atoms with Crippen LogP contribution in [0.25, 0.3) is 0 Å². The van der Waals surface area contributed by atoms with Crippen molar-refractivity contribution in [3.05, 3.63) is 24.3 Å². The first-order valence-electron chi connectivity index (χ1n) is 5.32. The lowest BCUT2D eigenvalue weighted by Gasteiger charge is -2.07. The molecule has 0 aliphatic heterocycles. The zero-order chi connectivity index (χ0) is 11.8. The van der Waals surface area contributed by atoms with E-state index in [0.29, 0.717) is 6.42 Å². The number of nitrogens with one attached hydrogen (secondary N) is 1. The van der Waals surface area contributed by atoms with E-state index in [9.17, 15) is 4.79 Å². The van der Waals surface area contributed by atoms with E-state index >= 15 is 0 Å². The van der Waals surface area contributed by atoms with E-state index in [1.165, 1.54) is 0 Å². The quantitative estimate of drug-likeness (QED) is 0.697. The number of rotatable bonds is 7. The highest BCUT2D eigenvalue weighted by Gasteiger charge is 1.97. The van der Waals surface area contributed by atoms with Gasteiger partial charge in [0.2, 0.25) is 0 Å². The minimum absolute atomic E-state index is 0.236. The van der Waals surface area contributed by atoms with E-state index < -0.39 is 5.97 Å². The molecule has 1 aromatic rings. The van der Waals surface area contributed by atoms with Crippen molar-refractivity contribution in [3.8, 4) is 5.75 Å². The molecule has 4 heteroatoms. The Morgan fingerprint density at radius 3 is 2.94 bits per heavy atom. The second kappa shape index (κ2) is 6.71. The molecule has 0 saturated carbocycles. The molecule has 0 aromatic heterocycles. The largest absolute Gasteiger partial charge is 0.497 e. The van der Waals surface area contributed by atoms with Crippen LogP contribution in [0.1, 0.15) is 19.3 Å². The number of unbranched alkanes of at least 4 members (excludes halogenated alkanes) is 1. The van der Waals surface area contributed by atoms with Crippen LogP contribution in [0, 0.1) is 0 Å². The zero-order valence-corrected chi connectivity index (χ0v) is 9.40. The van der Waals surface area contributed by atoms with E-state index in [2.05, 4.69) is 5.32 Å². The number of aliphatic carboxylic acids is 1. The van der Waals surface area contributed by atoms with Gasteiger partial charge in [0.15, 0.2) is 0 Å². The van der Waals surface area contributed by atoms with E-state index in [4.69, 9.17) is 9.84 Å². The normalized spacial score (nSPS) is 9.81. The number of hydrogen-bond acceptors (Lipinski definition) is 3. The summed E-state index contributed by atoms with van der Waals surface area (Å²) in [5.74, 6) is 0.0805. The molecule has 0 aliphatic rings. The SMILES string of the molecule is COc1cccc(NCCCCC(=O)O)c1. The van der Waals surface area contributed by atoms with Crippen molar-refractivity contribution in [2.45, 2.75) is 19.3 Å². The van der Waals surface area contributed by atoms with Gasteiger partial charge in [-0.05, 0) is 25.0 Å². The van der Waals surface area contributed by atoms with Crippen LogP contribution < -0.4 is 10.1 Å². The van der Waals surface area contributed by atoms with E-state index in [1.54, 1.807) is 7.11 Å². The Bertz CT molecular complexity index is 339. The van der Waals surface area contributed by atoms with Crippen LogP contribution in [0.2, 0.25) is 0 Å². The molecule has 0 radical (unpaired) electrons. The third kappa shape index (κ3) is 4.68. The average Bonchev–Trinajstić information content (AvgIpc) is 2.28. The Kier molecular flexibility index (Phi) is 5.19. The fourth-order valence-corrected chi connectivity index (χ4v) is 1.37. The third-order valence-corrected chi connectivity index (χ3v) is 2.22. The van der Waals surface area contributed by atoms with Gasteiger partial charge in [-0.25, -0.2) is 0 Å². The van der Waals surface area contributed by atoms with Gasteiger partial charge in [0.05, 0.1) is 7.11 Å². The van der Waals surface area contributed by atoms with Gasteiger partial charge in [-0.1, -0.05) is 6.07 Å². The molecule has 0 spiro atoms. The summed E-state index contributed by atoms with van der Waals surface area (Å²) in [7, 11) is 1.63. The lowest BCUT2D eigenvalue weighted by molar-refractivity contribution is -0.137. The molecule has 2 N–H and O–H groups in total. The smallest absolute Gasteiger partial charge is 0.303 e. The summed E-state index contributed by atoms with van der Waals surface area (Å²) in [4.78, 5) is 10.3. The molecule has 0 heterocycles. The Morgan fingerprint density at radius 1 is 1.44 bits per heavy atom. The molecule has 0 aliphatic carbocycles. The molecule has 0 saturated heterocycles. The van der Waals surface area contributed by atoms with Crippen molar-refractivity contribution in [2.24, 2.45) is 0 Å². The maximum Gasteiger partial charge on any atom is 0.303 e. The number of anilines is 1. The zero-order valence-electron chi connectivity index (χ0n) is 9.40. The predicted octanol–water partition coefficient (Wildman–Crippen LogP) is 2.36. The molecule has 4 nitrogen and oxygen atoms in total. The molecule has 16 heavy (non-hydrogen) atoms.